The van der Waals surface area contributed by atoms with E-state index in [0.717, 1.165) is 10.8 Å². The van der Waals surface area contributed by atoms with Crippen LogP contribution in [-0.2, 0) is 4.57 Å². The second kappa shape index (κ2) is 6.65. The second-order valence-electron chi connectivity index (χ2n) is 5.44. The number of rotatable bonds is 5. The molecule has 1 atom stereocenters. The highest BCUT2D eigenvalue weighted by atomic mass is 31.2. The molecule has 0 heterocycles. The molecule has 5 nitrogen and oxygen atoms in total. The average Bonchev–Trinajstić information content (AvgIpc) is 2.59. The maximum Gasteiger partial charge on any atom is 0.352 e. The predicted molar refractivity (Wildman–Crippen MR) is 95.3 cm³/mol. The molecule has 0 aliphatic carbocycles. The third kappa shape index (κ3) is 3.44. The van der Waals surface area contributed by atoms with Gasteiger partial charge in [-0.1, -0.05) is 48.5 Å². The van der Waals surface area contributed by atoms with Crippen molar-refractivity contribution in [1.82, 2.24) is 0 Å². The van der Waals surface area contributed by atoms with E-state index in [1.54, 1.807) is 31.4 Å². The monoisotopic (exact) mass is 343 g/mol. The third-order valence-corrected chi connectivity index (χ3v) is 4.95. The van der Waals surface area contributed by atoms with Crippen LogP contribution in [0.5, 0.6) is 5.75 Å². The number of fused-ring (bicyclic) bond motifs is 1. The number of nitrogens with one attached hydrogen (secondary N) is 1. The van der Waals surface area contributed by atoms with E-state index < -0.39 is 13.4 Å². The van der Waals surface area contributed by atoms with Gasteiger partial charge in [0.25, 0.3) is 0 Å². The molecule has 3 rings (SSSR count). The molecule has 0 radical (unpaired) electrons. The van der Waals surface area contributed by atoms with E-state index >= 15 is 0 Å². The first-order valence-electron chi connectivity index (χ1n) is 7.42. The molecule has 0 saturated carbocycles. The summed E-state index contributed by atoms with van der Waals surface area (Å²) in [5.74, 6) is -0.498. The van der Waals surface area contributed by atoms with Gasteiger partial charge >= 0.3 is 7.60 Å². The standard InChI is InChI=1S/C18H18NO4P/c1-23-15-11-9-14(10-12-15)18(24(20,21)22)19-17-8-4-6-13-5-2-3-7-16(13)17/h2-12,18-19H,1H3,(H2,20,21,22). The van der Waals surface area contributed by atoms with Gasteiger partial charge in [0.1, 0.15) is 5.75 Å². The van der Waals surface area contributed by atoms with Crippen molar-refractivity contribution in [3.05, 3.63) is 72.3 Å². The van der Waals surface area contributed by atoms with Gasteiger partial charge in [-0.25, -0.2) is 0 Å². The van der Waals surface area contributed by atoms with Crippen molar-refractivity contribution in [2.75, 3.05) is 12.4 Å². The Labute approximate surface area is 140 Å². The van der Waals surface area contributed by atoms with Gasteiger partial charge in [-0.3, -0.25) is 4.57 Å². The van der Waals surface area contributed by atoms with Crippen LogP contribution in [0.2, 0.25) is 0 Å². The lowest BCUT2D eigenvalue weighted by Crippen LogP contribution is -2.11. The van der Waals surface area contributed by atoms with Gasteiger partial charge in [-0.15, -0.1) is 0 Å². The van der Waals surface area contributed by atoms with Crippen LogP contribution in [0.15, 0.2) is 66.7 Å². The molecular weight excluding hydrogens is 325 g/mol. The molecule has 0 aliphatic rings. The fourth-order valence-electron chi connectivity index (χ4n) is 2.65. The topological polar surface area (TPSA) is 78.8 Å². The highest BCUT2D eigenvalue weighted by molar-refractivity contribution is 7.52. The SMILES string of the molecule is COc1ccc(C(Nc2cccc3ccccc23)P(=O)(O)O)cc1. The molecule has 0 aliphatic heterocycles. The Balaban J connectivity index is 2.02. The van der Waals surface area contributed by atoms with Crippen molar-refractivity contribution < 1.29 is 19.1 Å². The number of methoxy groups -OCH3 is 1. The summed E-state index contributed by atoms with van der Waals surface area (Å²) in [4.78, 5) is 19.6. The minimum atomic E-state index is -4.42. The van der Waals surface area contributed by atoms with Crippen LogP contribution in [0.4, 0.5) is 5.69 Å². The zero-order valence-electron chi connectivity index (χ0n) is 13.1. The van der Waals surface area contributed by atoms with Crippen molar-refractivity contribution in [3.8, 4) is 5.75 Å². The lowest BCUT2D eigenvalue weighted by atomic mass is 10.1. The van der Waals surface area contributed by atoms with E-state index in [2.05, 4.69) is 5.32 Å². The van der Waals surface area contributed by atoms with Gasteiger partial charge in [0.2, 0.25) is 0 Å². The van der Waals surface area contributed by atoms with E-state index in [4.69, 9.17) is 4.74 Å². The molecule has 1 unspecified atom stereocenters. The number of benzene rings is 3. The summed E-state index contributed by atoms with van der Waals surface area (Å²) >= 11 is 0. The molecule has 3 aromatic carbocycles. The van der Waals surface area contributed by atoms with Crippen LogP contribution in [0.25, 0.3) is 10.8 Å². The largest absolute Gasteiger partial charge is 0.497 e. The van der Waals surface area contributed by atoms with Crippen LogP contribution in [0.1, 0.15) is 11.3 Å². The number of anilines is 1. The Morgan fingerprint density at radius 3 is 2.29 bits per heavy atom. The first kappa shape index (κ1) is 16.5. The summed E-state index contributed by atoms with van der Waals surface area (Å²) < 4.78 is 17.1. The molecule has 6 heteroatoms. The lowest BCUT2D eigenvalue weighted by Gasteiger charge is -2.22. The van der Waals surface area contributed by atoms with Gasteiger partial charge in [0, 0.05) is 11.1 Å². The molecule has 0 aromatic heterocycles. The molecule has 0 saturated heterocycles. The summed E-state index contributed by atoms with van der Waals surface area (Å²) in [7, 11) is -2.87. The van der Waals surface area contributed by atoms with Crippen LogP contribution in [0.3, 0.4) is 0 Å². The first-order chi connectivity index (χ1) is 11.5. The highest BCUT2D eigenvalue weighted by Gasteiger charge is 2.30. The van der Waals surface area contributed by atoms with Crippen LogP contribution < -0.4 is 10.1 Å². The molecule has 0 amide bonds. The summed E-state index contributed by atoms with van der Waals surface area (Å²) in [5, 5.41) is 4.92. The highest BCUT2D eigenvalue weighted by Crippen LogP contribution is 2.52. The van der Waals surface area contributed by atoms with Crippen LogP contribution in [0, 0.1) is 0 Å². The van der Waals surface area contributed by atoms with Gasteiger partial charge < -0.3 is 19.8 Å². The molecule has 3 N–H and O–H groups in total. The van der Waals surface area contributed by atoms with Crippen molar-refractivity contribution >= 4 is 24.1 Å². The van der Waals surface area contributed by atoms with E-state index in [-0.39, 0.29) is 0 Å². The Kier molecular flexibility index (Phi) is 4.58. The van der Waals surface area contributed by atoms with Gasteiger partial charge in [0.15, 0.2) is 5.78 Å². The van der Waals surface area contributed by atoms with Gasteiger partial charge in [-0.2, -0.15) is 0 Å². The fraction of sp³-hybridized carbons (Fsp3) is 0.111. The zero-order chi connectivity index (χ0) is 17.2. The number of hydrogen-bond donors (Lipinski definition) is 3. The minimum absolute atomic E-state index is 0.497. The Hall–Kier alpha value is -2.33. The molecular formula is C18H18NO4P. The van der Waals surface area contributed by atoms with Crippen molar-refractivity contribution in [1.29, 1.82) is 0 Å². The molecule has 3 aromatic rings. The minimum Gasteiger partial charge on any atom is -0.497 e. The van der Waals surface area contributed by atoms with Crippen molar-refractivity contribution in [3.63, 3.8) is 0 Å². The van der Waals surface area contributed by atoms with Gasteiger partial charge in [0.05, 0.1) is 7.11 Å². The fourth-order valence-corrected chi connectivity index (χ4v) is 3.51. The Morgan fingerprint density at radius 1 is 0.958 bits per heavy atom. The Bertz CT molecular complexity index is 884. The van der Waals surface area contributed by atoms with Crippen molar-refractivity contribution in [2.45, 2.75) is 5.78 Å². The van der Waals surface area contributed by atoms with E-state index in [0.29, 0.717) is 17.0 Å². The maximum atomic E-state index is 12.0. The predicted octanol–water partition coefficient (Wildman–Crippen LogP) is 4.14. The maximum absolute atomic E-state index is 12.0. The van der Waals surface area contributed by atoms with E-state index in [9.17, 15) is 14.4 Å². The average molecular weight is 343 g/mol. The Morgan fingerprint density at radius 2 is 1.62 bits per heavy atom. The lowest BCUT2D eigenvalue weighted by molar-refractivity contribution is 0.363. The normalized spacial score (nSPS) is 12.8. The summed E-state index contributed by atoms with van der Waals surface area (Å²) in [6, 6.07) is 20.0. The van der Waals surface area contributed by atoms with E-state index in [1.807, 2.05) is 42.5 Å². The zero-order valence-corrected chi connectivity index (χ0v) is 14.0. The van der Waals surface area contributed by atoms with Gasteiger partial charge in [-0.05, 0) is 29.1 Å². The smallest absolute Gasteiger partial charge is 0.352 e. The quantitative estimate of drug-likeness (QED) is 0.607. The van der Waals surface area contributed by atoms with Crippen LogP contribution in [-0.4, -0.2) is 16.9 Å². The molecule has 0 fully saturated rings. The number of ether oxygens (including phenoxy) is 1. The third-order valence-electron chi connectivity index (χ3n) is 3.85. The summed E-state index contributed by atoms with van der Waals surface area (Å²) in [6.45, 7) is 0. The molecule has 0 bridgehead atoms. The first-order valence-corrected chi connectivity index (χ1v) is 9.10. The molecule has 24 heavy (non-hydrogen) atoms. The van der Waals surface area contributed by atoms with E-state index in [1.165, 1.54) is 0 Å². The second-order valence-corrected chi connectivity index (χ2v) is 7.13. The van der Waals surface area contributed by atoms with Crippen molar-refractivity contribution in [2.24, 2.45) is 0 Å². The summed E-state index contributed by atoms with van der Waals surface area (Å²) in [6.07, 6.45) is 0. The van der Waals surface area contributed by atoms with Crippen LogP contribution >= 0.6 is 7.60 Å². The summed E-state index contributed by atoms with van der Waals surface area (Å²) in [5.41, 5.74) is 1.18. The number of hydrogen-bond acceptors (Lipinski definition) is 3. The molecule has 0 spiro atoms. The molecule has 124 valence electrons.